The fourth-order valence-corrected chi connectivity index (χ4v) is 3.10. The molecular formula is C13H19N3O2. The van der Waals surface area contributed by atoms with Gasteiger partial charge in [-0.3, -0.25) is 4.79 Å². The Balaban J connectivity index is 1.69. The van der Waals surface area contributed by atoms with Crippen LogP contribution in [0.1, 0.15) is 45.0 Å². The van der Waals surface area contributed by atoms with Crippen LogP contribution >= 0.6 is 0 Å². The fourth-order valence-electron chi connectivity index (χ4n) is 3.10. The Morgan fingerprint density at radius 2 is 2.39 bits per heavy atom. The molecule has 3 heterocycles. The number of Topliss-reactive ketones (excluding diaryl/α,β-unsaturated/α-hetero) is 1. The van der Waals surface area contributed by atoms with Gasteiger partial charge >= 0.3 is 0 Å². The first-order valence-electron chi connectivity index (χ1n) is 6.71. The molecule has 2 saturated heterocycles. The van der Waals surface area contributed by atoms with E-state index in [1.54, 1.807) is 0 Å². The van der Waals surface area contributed by atoms with Gasteiger partial charge in [-0.25, -0.2) is 9.67 Å². The molecule has 0 aromatic carbocycles. The highest BCUT2D eigenvalue weighted by Crippen LogP contribution is 2.39. The van der Waals surface area contributed by atoms with Gasteiger partial charge < -0.3 is 4.74 Å². The molecule has 2 aliphatic rings. The van der Waals surface area contributed by atoms with E-state index in [1.807, 2.05) is 18.5 Å². The lowest BCUT2D eigenvalue weighted by Crippen LogP contribution is -2.27. The molecule has 98 valence electrons. The molecule has 5 heteroatoms. The number of hydrogen-bond donors (Lipinski definition) is 0. The van der Waals surface area contributed by atoms with Crippen LogP contribution in [0.15, 0.2) is 6.33 Å². The van der Waals surface area contributed by atoms with Crippen molar-refractivity contribution in [3.05, 3.63) is 12.2 Å². The molecule has 0 aliphatic carbocycles. The molecular weight excluding hydrogens is 230 g/mol. The molecule has 2 fully saturated rings. The third kappa shape index (κ3) is 1.96. The van der Waals surface area contributed by atoms with Crippen molar-refractivity contribution < 1.29 is 9.53 Å². The highest BCUT2D eigenvalue weighted by molar-refractivity contribution is 5.83. The van der Waals surface area contributed by atoms with Crippen LogP contribution in [0.5, 0.6) is 0 Å². The second-order valence-corrected chi connectivity index (χ2v) is 5.57. The molecule has 0 amide bonds. The summed E-state index contributed by atoms with van der Waals surface area (Å²) in [4.78, 5) is 16.5. The smallest absolute Gasteiger partial charge is 0.146 e. The lowest BCUT2D eigenvalue weighted by molar-refractivity contribution is -0.123. The SMILES string of the molecule is CC(C)n1ncnc1CC(=O)C1CC2CCC1O2. The highest BCUT2D eigenvalue weighted by Gasteiger charge is 2.44. The first-order chi connectivity index (χ1) is 8.65. The minimum Gasteiger partial charge on any atom is -0.374 e. The molecule has 2 aliphatic heterocycles. The van der Waals surface area contributed by atoms with Crippen molar-refractivity contribution in [3.63, 3.8) is 0 Å². The van der Waals surface area contributed by atoms with Crippen molar-refractivity contribution in [1.82, 2.24) is 14.8 Å². The maximum Gasteiger partial charge on any atom is 0.146 e. The van der Waals surface area contributed by atoms with E-state index < -0.39 is 0 Å². The van der Waals surface area contributed by atoms with Crippen molar-refractivity contribution in [2.24, 2.45) is 5.92 Å². The second-order valence-electron chi connectivity index (χ2n) is 5.57. The summed E-state index contributed by atoms with van der Waals surface area (Å²) in [5, 5.41) is 4.17. The summed E-state index contributed by atoms with van der Waals surface area (Å²) in [6.45, 7) is 4.09. The molecule has 0 saturated carbocycles. The standard InChI is InChI=1S/C13H19N3O2/c1-8(2)16-13(14-7-15-16)6-11(17)10-5-9-3-4-12(10)18-9/h7-10,12H,3-6H2,1-2H3. The number of carbonyl (C=O) groups excluding carboxylic acids is 1. The molecule has 0 N–H and O–H groups in total. The molecule has 0 spiro atoms. The molecule has 1 aromatic rings. The zero-order chi connectivity index (χ0) is 12.7. The molecule has 18 heavy (non-hydrogen) atoms. The predicted octanol–water partition coefficient (Wildman–Crippen LogP) is 1.54. The van der Waals surface area contributed by atoms with Crippen LogP contribution in [0.25, 0.3) is 0 Å². The topological polar surface area (TPSA) is 57.0 Å². The van der Waals surface area contributed by atoms with E-state index in [0.29, 0.717) is 12.5 Å². The summed E-state index contributed by atoms with van der Waals surface area (Å²) < 4.78 is 7.56. The van der Waals surface area contributed by atoms with Crippen LogP contribution in [0.3, 0.4) is 0 Å². The molecule has 2 bridgehead atoms. The summed E-state index contributed by atoms with van der Waals surface area (Å²) in [6.07, 6.45) is 5.47. The third-order valence-corrected chi connectivity index (χ3v) is 3.99. The summed E-state index contributed by atoms with van der Waals surface area (Å²) in [5.41, 5.74) is 0. The minimum atomic E-state index is 0.0843. The Labute approximate surface area is 107 Å². The predicted molar refractivity (Wildman–Crippen MR) is 65.1 cm³/mol. The third-order valence-electron chi connectivity index (χ3n) is 3.99. The van der Waals surface area contributed by atoms with Crippen molar-refractivity contribution in [2.75, 3.05) is 0 Å². The number of aromatic nitrogens is 3. The van der Waals surface area contributed by atoms with Crippen molar-refractivity contribution >= 4 is 5.78 Å². The number of rotatable bonds is 4. The van der Waals surface area contributed by atoms with Gasteiger partial charge in [0.05, 0.1) is 18.6 Å². The number of nitrogens with zero attached hydrogens (tertiary/aromatic N) is 3. The van der Waals surface area contributed by atoms with Gasteiger partial charge in [-0.05, 0) is 33.1 Å². The maximum atomic E-state index is 12.3. The van der Waals surface area contributed by atoms with Gasteiger partial charge in [-0.15, -0.1) is 0 Å². The van der Waals surface area contributed by atoms with Crippen LogP contribution in [-0.4, -0.2) is 32.8 Å². The largest absolute Gasteiger partial charge is 0.374 e. The van der Waals surface area contributed by atoms with Crippen LogP contribution < -0.4 is 0 Å². The average molecular weight is 249 g/mol. The zero-order valence-electron chi connectivity index (χ0n) is 10.9. The van der Waals surface area contributed by atoms with Gasteiger partial charge in [-0.1, -0.05) is 0 Å². The van der Waals surface area contributed by atoms with E-state index in [-0.39, 0.29) is 23.8 Å². The first-order valence-corrected chi connectivity index (χ1v) is 6.71. The Hall–Kier alpha value is -1.23. The van der Waals surface area contributed by atoms with Crippen LogP contribution in [0, 0.1) is 5.92 Å². The summed E-state index contributed by atoms with van der Waals surface area (Å²) >= 11 is 0. The average Bonchev–Trinajstić information content (AvgIpc) is 3.03. The van der Waals surface area contributed by atoms with Crippen LogP contribution in [0.2, 0.25) is 0 Å². The normalized spacial score (nSPS) is 30.3. The first kappa shape index (κ1) is 11.8. The van der Waals surface area contributed by atoms with E-state index in [0.717, 1.165) is 25.1 Å². The van der Waals surface area contributed by atoms with Gasteiger partial charge in [-0.2, -0.15) is 5.10 Å². The second kappa shape index (κ2) is 4.46. The highest BCUT2D eigenvalue weighted by atomic mass is 16.5. The minimum absolute atomic E-state index is 0.0843. The summed E-state index contributed by atoms with van der Waals surface area (Å²) in [7, 11) is 0. The lowest BCUT2D eigenvalue weighted by Gasteiger charge is -2.17. The lowest BCUT2D eigenvalue weighted by atomic mass is 9.85. The Morgan fingerprint density at radius 3 is 3.00 bits per heavy atom. The molecule has 1 aromatic heterocycles. The maximum absolute atomic E-state index is 12.3. The monoisotopic (exact) mass is 249 g/mol. The van der Waals surface area contributed by atoms with E-state index in [1.165, 1.54) is 6.33 Å². The van der Waals surface area contributed by atoms with Gasteiger partial charge in [0.1, 0.15) is 17.9 Å². The van der Waals surface area contributed by atoms with E-state index in [4.69, 9.17) is 4.74 Å². The molecule has 3 unspecified atom stereocenters. The van der Waals surface area contributed by atoms with Crippen LogP contribution in [0.4, 0.5) is 0 Å². The number of hydrogen-bond acceptors (Lipinski definition) is 4. The van der Waals surface area contributed by atoms with Crippen molar-refractivity contribution in [2.45, 2.75) is 57.8 Å². The Morgan fingerprint density at radius 1 is 1.56 bits per heavy atom. The number of ether oxygens (including phenoxy) is 1. The number of ketones is 1. The Bertz CT molecular complexity index is 455. The van der Waals surface area contributed by atoms with Gasteiger partial charge in [0.15, 0.2) is 0 Å². The van der Waals surface area contributed by atoms with Crippen LogP contribution in [-0.2, 0) is 16.0 Å². The quantitative estimate of drug-likeness (QED) is 0.812. The number of carbonyl (C=O) groups is 1. The molecule has 3 rings (SSSR count). The van der Waals surface area contributed by atoms with Crippen molar-refractivity contribution in [1.29, 1.82) is 0 Å². The van der Waals surface area contributed by atoms with Gasteiger partial charge in [0, 0.05) is 12.0 Å². The zero-order valence-corrected chi connectivity index (χ0v) is 10.9. The van der Waals surface area contributed by atoms with Crippen molar-refractivity contribution in [3.8, 4) is 0 Å². The summed E-state index contributed by atoms with van der Waals surface area (Å²) in [6, 6.07) is 0.242. The summed E-state index contributed by atoms with van der Waals surface area (Å²) in [5.74, 6) is 1.12. The van der Waals surface area contributed by atoms with E-state index >= 15 is 0 Å². The van der Waals surface area contributed by atoms with Gasteiger partial charge in [0.2, 0.25) is 0 Å². The molecule has 5 nitrogen and oxygen atoms in total. The van der Waals surface area contributed by atoms with E-state index in [2.05, 4.69) is 10.1 Å². The van der Waals surface area contributed by atoms with E-state index in [9.17, 15) is 4.79 Å². The van der Waals surface area contributed by atoms with Gasteiger partial charge in [0.25, 0.3) is 0 Å². The Kier molecular flexibility index (Phi) is 2.93. The number of fused-ring (bicyclic) bond motifs is 2. The molecule has 3 atom stereocenters. The molecule has 0 radical (unpaired) electrons. The fraction of sp³-hybridized carbons (Fsp3) is 0.769.